The molecule has 2 aromatic carbocycles. The highest BCUT2D eigenvalue weighted by molar-refractivity contribution is 7.73. The normalized spacial score (nSPS) is 22.7. The fourth-order valence-corrected chi connectivity index (χ4v) is 6.02. The third-order valence-electron chi connectivity index (χ3n) is 3.65. The summed E-state index contributed by atoms with van der Waals surface area (Å²) >= 11 is 0. The van der Waals surface area contributed by atoms with Gasteiger partial charge in [0, 0.05) is 0 Å². The molecule has 0 radical (unpaired) electrons. The van der Waals surface area contributed by atoms with Crippen LogP contribution in [0, 0.1) is 5.92 Å². The Balaban J connectivity index is 1.99. The van der Waals surface area contributed by atoms with Gasteiger partial charge in [-0.15, -0.1) is 0 Å². The minimum absolute atomic E-state index is 0.554. The second-order valence-electron chi connectivity index (χ2n) is 4.97. The van der Waals surface area contributed by atoms with Gasteiger partial charge in [0.25, 0.3) is 0 Å². The molecule has 0 spiro atoms. The van der Waals surface area contributed by atoms with Crippen molar-refractivity contribution in [1.29, 1.82) is 0 Å². The van der Waals surface area contributed by atoms with Crippen LogP contribution >= 0.6 is 7.92 Å². The van der Waals surface area contributed by atoms with Crippen molar-refractivity contribution in [2.45, 2.75) is 19.0 Å². The minimum atomic E-state index is -0.554. The number of benzene rings is 2. The minimum Gasteiger partial charge on any atom is -0.0620 e. The molecular formula is C16H18P+. The molecule has 0 aromatic heterocycles. The zero-order valence-corrected chi connectivity index (χ0v) is 11.1. The summed E-state index contributed by atoms with van der Waals surface area (Å²) in [5.41, 5.74) is 0.935. The average Bonchev–Trinajstić information content (AvgIpc) is 3.09. The van der Waals surface area contributed by atoms with E-state index in [4.69, 9.17) is 0 Å². The van der Waals surface area contributed by atoms with Crippen molar-refractivity contribution in [2.75, 3.05) is 0 Å². The van der Waals surface area contributed by atoms with Gasteiger partial charge in [0.15, 0.2) is 0 Å². The van der Waals surface area contributed by atoms with E-state index in [1.165, 1.54) is 6.42 Å². The van der Waals surface area contributed by atoms with Crippen molar-refractivity contribution in [2.24, 2.45) is 5.92 Å². The Morgan fingerprint density at radius 1 is 0.824 bits per heavy atom. The molecule has 1 aliphatic rings. The summed E-state index contributed by atoms with van der Waals surface area (Å²) in [6.07, 6.45) is 1.41. The summed E-state index contributed by atoms with van der Waals surface area (Å²) in [6, 6.07) is 22.2. The first kappa shape index (κ1) is 11.0. The van der Waals surface area contributed by atoms with Crippen molar-refractivity contribution in [3.63, 3.8) is 0 Å². The Morgan fingerprint density at radius 3 is 1.59 bits per heavy atom. The topological polar surface area (TPSA) is 0 Å². The van der Waals surface area contributed by atoms with Gasteiger partial charge in [0.1, 0.15) is 0 Å². The van der Waals surface area contributed by atoms with Crippen molar-refractivity contribution in [3.05, 3.63) is 60.7 Å². The van der Waals surface area contributed by atoms with Gasteiger partial charge in [-0.2, -0.15) is 0 Å². The van der Waals surface area contributed by atoms with Crippen molar-refractivity contribution in [3.8, 4) is 0 Å². The van der Waals surface area contributed by atoms with Crippen LogP contribution in [0.15, 0.2) is 60.7 Å². The fourth-order valence-electron chi connectivity index (χ4n) is 2.55. The molecule has 1 fully saturated rings. The third-order valence-corrected chi connectivity index (χ3v) is 7.11. The van der Waals surface area contributed by atoms with E-state index in [9.17, 15) is 0 Å². The summed E-state index contributed by atoms with van der Waals surface area (Å²) in [6.45, 7) is 2.39. The van der Waals surface area contributed by atoms with Crippen LogP contribution in [-0.4, -0.2) is 5.66 Å². The first-order chi connectivity index (χ1) is 8.36. The zero-order chi connectivity index (χ0) is 11.7. The molecule has 0 heterocycles. The van der Waals surface area contributed by atoms with Gasteiger partial charge < -0.3 is 0 Å². The molecule has 0 N–H and O–H groups in total. The van der Waals surface area contributed by atoms with E-state index in [0.717, 1.165) is 11.6 Å². The maximum Gasteiger partial charge on any atom is 0.0970 e. The van der Waals surface area contributed by atoms with E-state index in [1.54, 1.807) is 10.6 Å². The lowest BCUT2D eigenvalue weighted by Gasteiger charge is -2.09. The molecule has 0 bridgehead atoms. The van der Waals surface area contributed by atoms with Crippen LogP contribution in [0.2, 0.25) is 0 Å². The third kappa shape index (κ3) is 2.28. The summed E-state index contributed by atoms with van der Waals surface area (Å²) in [7, 11) is -0.554. The smallest absolute Gasteiger partial charge is 0.0620 e. The lowest BCUT2D eigenvalue weighted by Crippen LogP contribution is -2.14. The Labute approximate surface area is 104 Å². The van der Waals surface area contributed by atoms with Crippen LogP contribution in [0.4, 0.5) is 0 Å². The molecule has 0 amide bonds. The van der Waals surface area contributed by atoms with Gasteiger partial charge in [0.05, 0.1) is 24.2 Å². The highest BCUT2D eigenvalue weighted by Crippen LogP contribution is 2.55. The molecule has 0 saturated heterocycles. The lowest BCUT2D eigenvalue weighted by atomic mass is 10.4. The summed E-state index contributed by atoms with van der Waals surface area (Å²) in [5, 5.41) is 3.14. The second-order valence-corrected chi connectivity index (χ2v) is 7.69. The SMILES string of the molecule is CC1CC1[PH+](c1ccccc1)c1ccccc1. The average molecular weight is 241 g/mol. The van der Waals surface area contributed by atoms with Gasteiger partial charge in [-0.1, -0.05) is 43.3 Å². The molecular weight excluding hydrogens is 223 g/mol. The lowest BCUT2D eigenvalue weighted by molar-refractivity contribution is 0.985. The zero-order valence-electron chi connectivity index (χ0n) is 10.1. The summed E-state index contributed by atoms with van der Waals surface area (Å²) < 4.78 is 0. The van der Waals surface area contributed by atoms with E-state index < -0.39 is 7.92 Å². The standard InChI is InChI=1S/C16H17P/c1-13-12-16(13)17(14-8-4-2-5-9-14)15-10-6-3-7-11-15/h2-11,13,16H,12H2,1H3/p+1. The number of rotatable bonds is 3. The van der Waals surface area contributed by atoms with Crippen molar-refractivity contribution in [1.82, 2.24) is 0 Å². The predicted molar refractivity (Wildman–Crippen MR) is 78.0 cm³/mol. The molecule has 2 atom stereocenters. The predicted octanol–water partition coefficient (Wildman–Crippen LogP) is 3.26. The van der Waals surface area contributed by atoms with Gasteiger partial charge in [0.2, 0.25) is 0 Å². The van der Waals surface area contributed by atoms with Crippen LogP contribution in [-0.2, 0) is 0 Å². The first-order valence-electron chi connectivity index (χ1n) is 6.34. The van der Waals surface area contributed by atoms with Crippen molar-refractivity contribution >= 4 is 18.5 Å². The highest BCUT2D eigenvalue weighted by atomic mass is 31.1. The fraction of sp³-hybridized carbons (Fsp3) is 0.250. The van der Waals surface area contributed by atoms with E-state index in [0.29, 0.717) is 0 Å². The van der Waals surface area contributed by atoms with Gasteiger partial charge in [-0.3, -0.25) is 0 Å². The largest absolute Gasteiger partial charge is 0.0970 e. The number of hydrogen-bond acceptors (Lipinski definition) is 0. The first-order valence-corrected chi connectivity index (χ1v) is 7.91. The van der Waals surface area contributed by atoms with Crippen LogP contribution in [0.1, 0.15) is 13.3 Å². The van der Waals surface area contributed by atoms with E-state index >= 15 is 0 Å². The second kappa shape index (κ2) is 4.63. The van der Waals surface area contributed by atoms with E-state index in [-0.39, 0.29) is 0 Å². The Kier molecular flexibility index (Phi) is 2.99. The molecule has 2 unspecified atom stereocenters. The molecule has 17 heavy (non-hydrogen) atoms. The Bertz CT molecular complexity index is 438. The quantitative estimate of drug-likeness (QED) is 0.724. The van der Waals surface area contributed by atoms with Crippen LogP contribution in [0.3, 0.4) is 0 Å². The Morgan fingerprint density at radius 2 is 1.24 bits per heavy atom. The van der Waals surface area contributed by atoms with Gasteiger partial charge >= 0.3 is 0 Å². The summed E-state index contributed by atoms with van der Waals surface area (Å²) in [5.74, 6) is 0.921. The molecule has 1 aliphatic carbocycles. The molecule has 0 nitrogen and oxygen atoms in total. The molecule has 1 heteroatoms. The monoisotopic (exact) mass is 241 g/mol. The highest BCUT2D eigenvalue weighted by Gasteiger charge is 2.47. The molecule has 3 rings (SSSR count). The summed E-state index contributed by atoms with van der Waals surface area (Å²) in [4.78, 5) is 0. The van der Waals surface area contributed by atoms with Crippen LogP contribution in [0.25, 0.3) is 0 Å². The van der Waals surface area contributed by atoms with Crippen LogP contribution < -0.4 is 10.6 Å². The van der Waals surface area contributed by atoms with Crippen LogP contribution in [0.5, 0.6) is 0 Å². The van der Waals surface area contributed by atoms with E-state index in [1.807, 2.05) is 0 Å². The molecule has 86 valence electrons. The maximum atomic E-state index is 2.39. The van der Waals surface area contributed by atoms with Gasteiger partial charge in [-0.05, 0) is 36.6 Å². The van der Waals surface area contributed by atoms with Crippen molar-refractivity contribution < 1.29 is 0 Å². The Hall–Kier alpha value is -1.13. The number of hydrogen-bond donors (Lipinski definition) is 0. The van der Waals surface area contributed by atoms with E-state index in [2.05, 4.69) is 67.6 Å². The maximum absolute atomic E-state index is 2.39. The molecule has 0 aliphatic heterocycles. The molecule has 2 aromatic rings. The van der Waals surface area contributed by atoms with Gasteiger partial charge in [-0.25, -0.2) is 0 Å². The molecule has 1 saturated carbocycles.